The van der Waals surface area contributed by atoms with Gasteiger partial charge in [0, 0.05) is 18.5 Å². The number of thiazole rings is 1. The minimum Gasteiger partial charge on any atom is -0.495 e. The molecule has 0 aliphatic rings. The molecule has 1 N–H and O–H groups in total. The molecule has 0 aliphatic carbocycles. The molecule has 3 rings (SSSR count). The molecule has 3 aromatic rings. The van der Waals surface area contributed by atoms with Crippen molar-refractivity contribution in [1.82, 2.24) is 4.98 Å². The molecule has 0 radical (unpaired) electrons. The highest BCUT2D eigenvalue weighted by Crippen LogP contribution is 2.40. The number of fused-ring (bicyclic) bond motifs is 1. The predicted octanol–water partition coefficient (Wildman–Crippen LogP) is 2.63. The molecule has 0 atom stereocenters. The Bertz CT molecular complexity index is 965. The normalized spacial score (nSPS) is 11.1. The van der Waals surface area contributed by atoms with E-state index in [1.165, 1.54) is 34.4 Å². The molecule has 1 amide bonds. The lowest BCUT2D eigenvalue weighted by Crippen LogP contribution is -3.05. The molecule has 0 saturated heterocycles. The molecule has 0 spiro atoms. The van der Waals surface area contributed by atoms with Crippen molar-refractivity contribution in [3.8, 4) is 11.5 Å². The molecule has 0 bridgehead atoms. The number of ether oxygens (including phenoxy) is 2. The van der Waals surface area contributed by atoms with Gasteiger partial charge in [-0.05, 0) is 30.3 Å². The average molecular weight is 419 g/mol. The number of methoxy groups -OCH3 is 2. The van der Waals surface area contributed by atoms with Crippen LogP contribution in [0.1, 0.15) is 16.8 Å². The topological polar surface area (TPSA) is 56.1 Å². The zero-order chi connectivity index (χ0) is 21.0. The van der Waals surface area contributed by atoms with Gasteiger partial charge in [0.1, 0.15) is 27.5 Å². The van der Waals surface area contributed by atoms with Crippen LogP contribution < -0.4 is 19.3 Å². The van der Waals surface area contributed by atoms with Crippen molar-refractivity contribution >= 4 is 32.6 Å². The van der Waals surface area contributed by atoms with Crippen LogP contribution in [0.15, 0.2) is 36.4 Å². The summed E-state index contributed by atoms with van der Waals surface area (Å²) in [7, 11) is 7.30. The number of anilines is 1. The van der Waals surface area contributed by atoms with Gasteiger partial charge in [-0.2, -0.15) is 0 Å². The summed E-state index contributed by atoms with van der Waals surface area (Å²) >= 11 is 1.36. The van der Waals surface area contributed by atoms with Gasteiger partial charge >= 0.3 is 0 Å². The molecule has 154 valence electrons. The Morgan fingerprint density at radius 3 is 2.55 bits per heavy atom. The highest BCUT2D eigenvalue weighted by Gasteiger charge is 2.24. The monoisotopic (exact) mass is 418 g/mol. The summed E-state index contributed by atoms with van der Waals surface area (Å²) in [5.74, 6) is 0.552. The van der Waals surface area contributed by atoms with Crippen LogP contribution in [0.3, 0.4) is 0 Å². The van der Waals surface area contributed by atoms with Crippen LogP contribution in [0, 0.1) is 5.82 Å². The zero-order valence-corrected chi connectivity index (χ0v) is 17.8. The summed E-state index contributed by atoms with van der Waals surface area (Å²) in [5.41, 5.74) is 0.933. The maximum Gasteiger partial charge on any atom is 0.260 e. The largest absolute Gasteiger partial charge is 0.495 e. The van der Waals surface area contributed by atoms with Gasteiger partial charge in [0.2, 0.25) is 0 Å². The first-order valence-corrected chi connectivity index (χ1v) is 10.1. The predicted molar refractivity (Wildman–Crippen MR) is 113 cm³/mol. The second-order valence-electron chi connectivity index (χ2n) is 6.92. The molecule has 6 nitrogen and oxygen atoms in total. The Labute approximate surface area is 173 Å². The number of quaternary nitrogens is 1. The van der Waals surface area contributed by atoms with Gasteiger partial charge in [0.25, 0.3) is 5.91 Å². The van der Waals surface area contributed by atoms with Gasteiger partial charge in [-0.15, -0.1) is 0 Å². The number of carbonyl (C=O) groups excluding carboxylic acids is 1. The van der Waals surface area contributed by atoms with Gasteiger partial charge in [-0.1, -0.05) is 17.4 Å². The Morgan fingerprint density at radius 1 is 1.17 bits per heavy atom. The molecule has 0 fully saturated rings. The van der Waals surface area contributed by atoms with E-state index < -0.39 is 5.82 Å². The van der Waals surface area contributed by atoms with Gasteiger partial charge in [-0.3, -0.25) is 9.69 Å². The van der Waals surface area contributed by atoms with E-state index >= 15 is 0 Å². The van der Waals surface area contributed by atoms with Crippen molar-refractivity contribution < 1.29 is 23.6 Å². The average Bonchev–Trinajstić information content (AvgIpc) is 3.14. The molecule has 1 heterocycles. The Kier molecular flexibility index (Phi) is 6.66. The molecule has 1 aromatic heterocycles. The smallest absolute Gasteiger partial charge is 0.260 e. The number of benzene rings is 2. The summed E-state index contributed by atoms with van der Waals surface area (Å²) in [4.78, 5) is 20.8. The highest BCUT2D eigenvalue weighted by atomic mass is 32.1. The summed E-state index contributed by atoms with van der Waals surface area (Å²) in [6.07, 6.45) is 0.785. The van der Waals surface area contributed by atoms with Crippen molar-refractivity contribution in [2.45, 2.75) is 6.42 Å². The van der Waals surface area contributed by atoms with E-state index in [1.54, 1.807) is 31.3 Å². The van der Waals surface area contributed by atoms with E-state index in [0.29, 0.717) is 34.3 Å². The first-order valence-electron chi connectivity index (χ1n) is 9.32. The van der Waals surface area contributed by atoms with E-state index in [0.717, 1.165) is 17.7 Å². The fraction of sp³-hybridized carbons (Fsp3) is 0.333. The third kappa shape index (κ3) is 4.65. The summed E-state index contributed by atoms with van der Waals surface area (Å²) in [6.45, 7) is 1.37. The SMILES string of the molecule is COc1ccc(OC)c2sc(N(CCC[NH+](C)C)C(=O)c3cccc(F)c3)nc12. The number of nitrogens with zero attached hydrogens (tertiary/aromatic N) is 2. The van der Waals surface area contributed by atoms with E-state index in [1.807, 2.05) is 6.07 Å². The molecule has 0 aliphatic heterocycles. The van der Waals surface area contributed by atoms with Crippen LogP contribution in [-0.2, 0) is 0 Å². The number of aromatic nitrogens is 1. The van der Waals surface area contributed by atoms with Gasteiger partial charge in [0.05, 0.1) is 34.9 Å². The van der Waals surface area contributed by atoms with Crippen molar-refractivity contribution in [2.75, 3.05) is 46.3 Å². The van der Waals surface area contributed by atoms with Crippen LogP contribution in [0.2, 0.25) is 0 Å². The third-order valence-electron chi connectivity index (χ3n) is 4.51. The first kappa shape index (κ1) is 21.0. The standard InChI is InChI=1S/C21H24FN3O3S/c1-24(2)11-6-12-25(20(26)14-7-5-8-15(22)13-14)21-23-18-16(27-3)9-10-17(28-4)19(18)29-21/h5,7-10,13H,6,11-12H2,1-4H3/p+1. The summed E-state index contributed by atoms with van der Waals surface area (Å²) in [5, 5.41) is 0.533. The van der Waals surface area contributed by atoms with Gasteiger partial charge in [-0.25, -0.2) is 9.37 Å². The maximum atomic E-state index is 13.7. The lowest BCUT2D eigenvalue weighted by molar-refractivity contribution is -0.858. The van der Waals surface area contributed by atoms with E-state index in [2.05, 4.69) is 19.1 Å². The number of rotatable bonds is 8. The van der Waals surface area contributed by atoms with E-state index in [4.69, 9.17) is 9.47 Å². The number of hydrogen-bond donors (Lipinski definition) is 1. The molecular formula is C21H25FN3O3S+. The molecule has 8 heteroatoms. The molecular weight excluding hydrogens is 393 g/mol. The van der Waals surface area contributed by atoms with Gasteiger partial charge < -0.3 is 14.4 Å². The van der Waals surface area contributed by atoms with Gasteiger partial charge in [0.15, 0.2) is 5.13 Å². The van der Waals surface area contributed by atoms with Crippen LogP contribution in [0.5, 0.6) is 11.5 Å². The number of halogens is 1. The quantitative estimate of drug-likeness (QED) is 0.611. The van der Waals surface area contributed by atoms with Crippen LogP contribution in [-0.4, -0.2) is 52.3 Å². The summed E-state index contributed by atoms with van der Waals surface area (Å²) in [6, 6.07) is 9.33. The number of carbonyl (C=O) groups is 1. The summed E-state index contributed by atoms with van der Waals surface area (Å²) < 4.78 is 25.4. The Balaban J connectivity index is 2.04. The number of nitrogens with one attached hydrogen (secondary N) is 1. The lowest BCUT2D eigenvalue weighted by atomic mass is 10.2. The first-order chi connectivity index (χ1) is 13.9. The highest BCUT2D eigenvalue weighted by molar-refractivity contribution is 7.22. The van der Waals surface area contributed by atoms with Crippen LogP contribution >= 0.6 is 11.3 Å². The fourth-order valence-electron chi connectivity index (χ4n) is 3.04. The minimum atomic E-state index is -0.443. The molecule has 29 heavy (non-hydrogen) atoms. The van der Waals surface area contributed by atoms with Crippen LogP contribution in [0.25, 0.3) is 10.2 Å². The van der Waals surface area contributed by atoms with Crippen molar-refractivity contribution in [3.63, 3.8) is 0 Å². The lowest BCUT2D eigenvalue weighted by Gasteiger charge is -2.20. The number of amides is 1. The second-order valence-corrected chi connectivity index (χ2v) is 7.90. The molecule has 2 aromatic carbocycles. The Hall–Kier alpha value is -2.71. The maximum absolute atomic E-state index is 13.7. The van der Waals surface area contributed by atoms with Crippen molar-refractivity contribution in [3.05, 3.63) is 47.8 Å². The fourth-order valence-corrected chi connectivity index (χ4v) is 4.14. The molecule has 0 saturated carbocycles. The third-order valence-corrected chi connectivity index (χ3v) is 5.60. The zero-order valence-electron chi connectivity index (χ0n) is 17.0. The van der Waals surface area contributed by atoms with E-state index in [9.17, 15) is 9.18 Å². The minimum absolute atomic E-state index is 0.282. The van der Waals surface area contributed by atoms with E-state index in [-0.39, 0.29) is 5.91 Å². The molecule has 0 unspecified atom stereocenters. The van der Waals surface area contributed by atoms with Crippen LogP contribution in [0.4, 0.5) is 9.52 Å². The van der Waals surface area contributed by atoms with Crippen molar-refractivity contribution in [2.24, 2.45) is 0 Å². The number of hydrogen-bond acceptors (Lipinski definition) is 5. The Morgan fingerprint density at radius 2 is 1.90 bits per heavy atom. The van der Waals surface area contributed by atoms with Crippen molar-refractivity contribution in [1.29, 1.82) is 0 Å². The second kappa shape index (κ2) is 9.19.